The molecule has 1 heterocycles. The van der Waals surface area contributed by atoms with E-state index in [0.717, 1.165) is 24.4 Å². The number of rotatable bonds is 7. The van der Waals surface area contributed by atoms with E-state index in [1.165, 1.54) is 11.1 Å². The number of amides is 1. The molecule has 0 aliphatic carbocycles. The van der Waals surface area contributed by atoms with E-state index in [4.69, 9.17) is 9.47 Å². The Morgan fingerprint density at radius 1 is 0.818 bits per heavy atom. The third-order valence-electron chi connectivity index (χ3n) is 6.07. The van der Waals surface area contributed by atoms with Crippen LogP contribution >= 0.6 is 0 Å². The highest BCUT2D eigenvalue weighted by molar-refractivity contribution is 5.92. The Balaban J connectivity index is 1.43. The molecule has 0 spiro atoms. The summed E-state index contributed by atoms with van der Waals surface area (Å²) in [6, 6.07) is 26.9. The molecule has 0 saturated carbocycles. The van der Waals surface area contributed by atoms with Crippen LogP contribution in [0.25, 0.3) is 6.08 Å². The van der Waals surface area contributed by atoms with Gasteiger partial charge in [-0.1, -0.05) is 60.7 Å². The highest BCUT2D eigenvalue weighted by Crippen LogP contribution is 2.30. The first-order valence-electron chi connectivity index (χ1n) is 11.2. The molecule has 1 aliphatic rings. The first-order chi connectivity index (χ1) is 16.2. The lowest BCUT2D eigenvalue weighted by molar-refractivity contribution is -0.127. The molecule has 1 saturated heterocycles. The monoisotopic (exact) mass is 442 g/mol. The molecule has 5 nitrogen and oxygen atoms in total. The Morgan fingerprint density at radius 2 is 1.42 bits per heavy atom. The zero-order valence-corrected chi connectivity index (χ0v) is 19.2. The molecule has 0 bridgehead atoms. The number of hydrogen-bond acceptors (Lipinski definition) is 4. The number of ether oxygens (including phenoxy) is 2. The van der Waals surface area contributed by atoms with Crippen molar-refractivity contribution >= 4 is 12.0 Å². The van der Waals surface area contributed by atoms with E-state index in [-0.39, 0.29) is 11.9 Å². The Bertz CT molecular complexity index is 1040. The molecule has 4 rings (SSSR count). The quantitative estimate of drug-likeness (QED) is 0.500. The fourth-order valence-electron chi connectivity index (χ4n) is 4.31. The second-order valence-electron chi connectivity index (χ2n) is 8.03. The lowest BCUT2D eigenvalue weighted by Gasteiger charge is -2.39. The normalized spacial score (nSPS) is 14.6. The van der Waals surface area contributed by atoms with Gasteiger partial charge < -0.3 is 14.4 Å². The van der Waals surface area contributed by atoms with Gasteiger partial charge >= 0.3 is 0 Å². The molecule has 1 aliphatic heterocycles. The van der Waals surface area contributed by atoms with Crippen LogP contribution in [-0.4, -0.2) is 56.1 Å². The molecule has 3 aromatic carbocycles. The third-order valence-corrected chi connectivity index (χ3v) is 6.07. The highest BCUT2D eigenvalue weighted by Gasteiger charge is 2.27. The van der Waals surface area contributed by atoms with Crippen molar-refractivity contribution in [3.05, 3.63) is 102 Å². The molecule has 0 radical (unpaired) electrons. The maximum absolute atomic E-state index is 12.9. The van der Waals surface area contributed by atoms with Crippen LogP contribution in [0.15, 0.2) is 84.9 Å². The third kappa shape index (κ3) is 5.44. The minimum atomic E-state index is 0.0171. The number of methoxy groups -OCH3 is 2. The van der Waals surface area contributed by atoms with Gasteiger partial charge in [0.1, 0.15) is 11.5 Å². The van der Waals surface area contributed by atoms with Crippen molar-refractivity contribution in [1.82, 2.24) is 9.80 Å². The number of carbonyl (C=O) groups is 1. The van der Waals surface area contributed by atoms with Gasteiger partial charge in [0, 0.05) is 43.9 Å². The van der Waals surface area contributed by atoms with Gasteiger partial charge in [0.2, 0.25) is 5.91 Å². The van der Waals surface area contributed by atoms with Crippen molar-refractivity contribution in [3.8, 4) is 11.5 Å². The average Bonchev–Trinajstić information content (AvgIpc) is 2.89. The zero-order chi connectivity index (χ0) is 23.0. The molecule has 5 heteroatoms. The van der Waals surface area contributed by atoms with Gasteiger partial charge in [0.05, 0.1) is 20.3 Å². The Hall–Kier alpha value is -3.57. The van der Waals surface area contributed by atoms with Crippen molar-refractivity contribution in [3.63, 3.8) is 0 Å². The van der Waals surface area contributed by atoms with Crippen LogP contribution in [0.3, 0.4) is 0 Å². The summed E-state index contributed by atoms with van der Waals surface area (Å²) in [6.07, 6.45) is 3.44. The Morgan fingerprint density at radius 3 is 1.97 bits per heavy atom. The highest BCUT2D eigenvalue weighted by atomic mass is 16.5. The van der Waals surface area contributed by atoms with E-state index >= 15 is 0 Å². The van der Waals surface area contributed by atoms with E-state index in [0.29, 0.717) is 18.8 Å². The van der Waals surface area contributed by atoms with Gasteiger partial charge in [-0.15, -0.1) is 0 Å². The zero-order valence-electron chi connectivity index (χ0n) is 19.2. The molecule has 1 fully saturated rings. The summed E-state index contributed by atoms with van der Waals surface area (Å²) in [5, 5.41) is 0. The first kappa shape index (κ1) is 22.6. The van der Waals surface area contributed by atoms with Gasteiger partial charge in [-0.05, 0) is 29.3 Å². The van der Waals surface area contributed by atoms with Crippen LogP contribution in [0.5, 0.6) is 11.5 Å². The van der Waals surface area contributed by atoms with Gasteiger partial charge in [-0.25, -0.2) is 0 Å². The summed E-state index contributed by atoms with van der Waals surface area (Å²) in [7, 11) is 3.23. The number of carbonyl (C=O) groups excluding carboxylic acids is 1. The Labute approximate surface area is 195 Å². The van der Waals surface area contributed by atoms with Crippen LogP contribution in [0, 0.1) is 0 Å². The molecular formula is C28H30N2O3. The molecule has 170 valence electrons. The molecule has 0 unspecified atom stereocenters. The standard InChI is InChI=1S/C28H30N2O3/c1-32-25-15-13-22(26(21-25)33-2)14-16-27(31)29-17-19-30(20-18-29)28(23-9-5-3-6-10-23)24-11-7-4-8-12-24/h3-16,21,28H,17-20H2,1-2H3. The van der Waals surface area contributed by atoms with Crippen LogP contribution < -0.4 is 9.47 Å². The fourth-order valence-corrected chi connectivity index (χ4v) is 4.31. The smallest absolute Gasteiger partial charge is 0.246 e. The second kappa shape index (κ2) is 10.8. The van der Waals surface area contributed by atoms with Crippen LogP contribution in [0.2, 0.25) is 0 Å². The van der Waals surface area contributed by atoms with Crippen molar-refractivity contribution in [2.24, 2.45) is 0 Å². The minimum absolute atomic E-state index is 0.0171. The van der Waals surface area contributed by atoms with E-state index in [2.05, 4.69) is 53.4 Å². The summed E-state index contributed by atoms with van der Waals surface area (Å²) in [4.78, 5) is 17.2. The van der Waals surface area contributed by atoms with Crippen LogP contribution in [0.4, 0.5) is 0 Å². The predicted octanol–water partition coefficient (Wildman–Crippen LogP) is 4.65. The lowest BCUT2D eigenvalue weighted by atomic mass is 9.96. The summed E-state index contributed by atoms with van der Waals surface area (Å²) in [5.74, 6) is 1.41. The summed E-state index contributed by atoms with van der Waals surface area (Å²) >= 11 is 0. The molecular weight excluding hydrogens is 412 g/mol. The lowest BCUT2D eigenvalue weighted by Crippen LogP contribution is -2.49. The van der Waals surface area contributed by atoms with Crippen LogP contribution in [0.1, 0.15) is 22.7 Å². The maximum Gasteiger partial charge on any atom is 0.246 e. The minimum Gasteiger partial charge on any atom is -0.497 e. The number of benzene rings is 3. The topological polar surface area (TPSA) is 42.0 Å². The summed E-state index contributed by atoms with van der Waals surface area (Å²) < 4.78 is 10.7. The fraction of sp³-hybridized carbons (Fsp3) is 0.250. The second-order valence-corrected chi connectivity index (χ2v) is 8.03. The molecule has 1 amide bonds. The molecule has 0 aromatic heterocycles. The number of piperazine rings is 1. The van der Waals surface area contributed by atoms with Gasteiger partial charge in [-0.3, -0.25) is 9.69 Å². The molecule has 0 N–H and O–H groups in total. The van der Waals surface area contributed by atoms with Crippen LogP contribution in [-0.2, 0) is 4.79 Å². The van der Waals surface area contributed by atoms with E-state index in [1.807, 2.05) is 41.3 Å². The van der Waals surface area contributed by atoms with E-state index in [9.17, 15) is 4.79 Å². The van der Waals surface area contributed by atoms with Gasteiger partial charge in [0.25, 0.3) is 0 Å². The van der Waals surface area contributed by atoms with Crippen molar-refractivity contribution in [2.75, 3.05) is 40.4 Å². The van der Waals surface area contributed by atoms with E-state index < -0.39 is 0 Å². The first-order valence-corrected chi connectivity index (χ1v) is 11.2. The van der Waals surface area contributed by atoms with Gasteiger partial charge in [0.15, 0.2) is 0 Å². The van der Waals surface area contributed by atoms with E-state index in [1.54, 1.807) is 20.3 Å². The Kier molecular flexibility index (Phi) is 7.43. The average molecular weight is 443 g/mol. The largest absolute Gasteiger partial charge is 0.497 e. The molecule has 3 aromatic rings. The number of nitrogens with zero attached hydrogens (tertiary/aromatic N) is 2. The van der Waals surface area contributed by atoms with Crippen molar-refractivity contribution < 1.29 is 14.3 Å². The molecule has 33 heavy (non-hydrogen) atoms. The predicted molar refractivity (Wildman–Crippen MR) is 131 cm³/mol. The van der Waals surface area contributed by atoms with Crippen molar-refractivity contribution in [1.29, 1.82) is 0 Å². The van der Waals surface area contributed by atoms with Gasteiger partial charge in [-0.2, -0.15) is 0 Å². The SMILES string of the molecule is COc1ccc(C=CC(=O)N2CCN(C(c3ccccc3)c3ccccc3)CC2)c(OC)c1. The maximum atomic E-state index is 12.9. The summed E-state index contributed by atoms with van der Waals surface area (Å²) in [5.41, 5.74) is 3.39. The summed E-state index contributed by atoms with van der Waals surface area (Å²) in [6.45, 7) is 3.03. The number of hydrogen-bond donors (Lipinski definition) is 0. The molecule has 0 atom stereocenters. The van der Waals surface area contributed by atoms with Crippen molar-refractivity contribution in [2.45, 2.75) is 6.04 Å².